The van der Waals surface area contributed by atoms with Gasteiger partial charge in [0.05, 0.1) is 0 Å². The maximum Gasteiger partial charge on any atom is 0.330 e. The third-order valence-electron chi connectivity index (χ3n) is 2.94. The van der Waals surface area contributed by atoms with Crippen LogP contribution in [0.25, 0.3) is 0 Å². The molecule has 1 aromatic heterocycles. The second-order valence-corrected chi connectivity index (χ2v) is 3.68. The third kappa shape index (κ3) is 1.08. The van der Waals surface area contributed by atoms with Crippen LogP contribution in [0.1, 0.15) is 25.7 Å². The van der Waals surface area contributed by atoms with Gasteiger partial charge < -0.3 is 10.1 Å². The Morgan fingerprint density at radius 1 is 1.50 bits per heavy atom. The number of hydrogen-bond donors (Lipinski definition) is 2. The Morgan fingerprint density at radius 2 is 2.14 bits per heavy atom. The van der Waals surface area contributed by atoms with Gasteiger partial charge in [-0.05, 0) is 12.8 Å². The molecule has 0 radical (unpaired) electrons. The average Bonchev–Trinajstić information content (AvgIpc) is 2.72. The lowest BCUT2D eigenvalue weighted by Gasteiger charge is -2.24. The quantitative estimate of drug-likeness (QED) is 0.724. The molecular formula is C9H12N2O3. The van der Waals surface area contributed by atoms with E-state index < -0.39 is 11.5 Å². The first kappa shape index (κ1) is 9.05. The zero-order chi connectivity index (χ0) is 10.2. The van der Waals surface area contributed by atoms with Crippen molar-refractivity contribution in [3.8, 4) is 0 Å². The lowest BCUT2D eigenvalue weighted by molar-refractivity contribution is -0.147. The van der Waals surface area contributed by atoms with Crippen molar-refractivity contribution in [2.45, 2.75) is 31.2 Å². The molecule has 1 aliphatic carbocycles. The number of hydrogen-bond acceptors (Lipinski definition) is 2. The maximum absolute atomic E-state index is 11.4. The van der Waals surface area contributed by atoms with Crippen molar-refractivity contribution in [1.29, 1.82) is 0 Å². The fourth-order valence-electron chi connectivity index (χ4n) is 2.18. The molecule has 0 aromatic carbocycles. The molecule has 0 bridgehead atoms. The van der Waals surface area contributed by atoms with Crippen LogP contribution in [0.2, 0.25) is 0 Å². The number of imidazole rings is 1. The van der Waals surface area contributed by atoms with Gasteiger partial charge in [-0.2, -0.15) is 0 Å². The lowest BCUT2D eigenvalue weighted by atomic mass is 9.98. The van der Waals surface area contributed by atoms with E-state index in [1.807, 2.05) is 0 Å². The monoisotopic (exact) mass is 196 g/mol. The first-order valence-electron chi connectivity index (χ1n) is 4.67. The fraction of sp³-hybridized carbons (Fsp3) is 0.556. The first-order valence-corrected chi connectivity index (χ1v) is 4.67. The van der Waals surface area contributed by atoms with E-state index in [4.69, 9.17) is 0 Å². The summed E-state index contributed by atoms with van der Waals surface area (Å²) < 4.78 is 1.31. The molecule has 5 nitrogen and oxygen atoms in total. The molecule has 1 fully saturated rings. The Balaban J connectivity index is 2.52. The van der Waals surface area contributed by atoms with E-state index in [0.717, 1.165) is 12.8 Å². The van der Waals surface area contributed by atoms with Crippen LogP contribution in [0.3, 0.4) is 0 Å². The highest BCUT2D eigenvalue weighted by atomic mass is 16.4. The zero-order valence-corrected chi connectivity index (χ0v) is 7.69. The van der Waals surface area contributed by atoms with Crippen LogP contribution >= 0.6 is 0 Å². The summed E-state index contributed by atoms with van der Waals surface area (Å²) in [7, 11) is 0. The summed E-state index contributed by atoms with van der Waals surface area (Å²) in [5.74, 6) is -0.906. The molecule has 0 unspecified atom stereocenters. The molecule has 0 amide bonds. The van der Waals surface area contributed by atoms with Gasteiger partial charge in [-0.1, -0.05) is 12.8 Å². The largest absolute Gasteiger partial charge is 0.479 e. The number of aromatic amines is 1. The summed E-state index contributed by atoms with van der Waals surface area (Å²) in [4.78, 5) is 25.0. The van der Waals surface area contributed by atoms with Gasteiger partial charge in [-0.3, -0.25) is 4.57 Å². The molecular weight excluding hydrogens is 184 g/mol. The van der Waals surface area contributed by atoms with Gasteiger partial charge in [-0.25, -0.2) is 9.59 Å². The van der Waals surface area contributed by atoms with E-state index in [2.05, 4.69) is 4.98 Å². The molecule has 14 heavy (non-hydrogen) atoms. The van der Waals surface area contributed by atoms with E-state index >= 15 is 0 Å². The van der Waals surface area contributed by atoms with Crippen LogP contribution in [-0.4, -0.2) is 20.6 Å². The first-order chi connectivity index (χ1) is 6.67. The van der Waals surface area contributed by atoms with Crippen molar-refractivity contribution in [1.82, 2.24) is 9.55 Å². The minimum absolute atomic E-state index is 0.339. The second kappa shape index (κ2) is 3.01. The Morgan fingerprint density at radius 3 is 2.57 bits per heavy atom. The van der Waals surface area contributed by atoms with E-state index in [1.165, 1.54) is 17.0 Å². The third-order valence-corrected chi connectivity index (χ3v) is 2.94. The number of carboxylic acids is 1. The summed E-state index contributed by atoms with van der Waals surface area (Å²) in [6.07, 6.45) is 5.81. The topological polar surface area (TPSA) is 75.1 Å². The normalized spacial score (nSPS) is 19.7. The van der Waals surface area contributed by atoms with Gasteiger partial charge in [0.25, 0.3) is 0 Å². The molecule has 2 N–H and O–H groups in total. The molecule has 76 valence electrons. The minimum Gasteiger partial charge on any atom is -0.479 e. The van der Waals surface area contributed by atoms with Gasteiger partial charge in [0.1, 0.15) is 5.54 Å². The van der Waals surface area contributed by atoms with E-state index in [0.29, 0.717) is 12.8 Å². The molecule has 1 saturated carbocycles. The molecule has 5 heteroatoms. The summed E-state index contributed by atoms with van der Waals surface area (Å²) in [6, 6.07) is 0. The molecule has 1 aliphatic rings. The van der Waals surface area contributed by atoms with E-state index in [1.54, 1.807) is 0 Å². The van der Waals surface area contributed by atoms with Crippen LogP contribution < -0.4 is 5.69 Å². The molecule has 0 atom stereocenters. The van der Waals surface area contributed by atoms with Crippen LogP contribution in [-0.2, 0) is 10.3 Å². The Bertz CT molecular complexity index is 398. The van der Waals surface area contributed by atoms with Crippen molar-refractivity contribution in [3.63, 3.8) is 0 Å². The molecule has 1 heterocycles. The molecule has 0 spiro atoms. The SMILES string of the molecule is O=C(O)C1(n2cc[nH]c2=O)CCCC1. The summed E-state index contributed by atoms with van der Waals surface area (Å²) in [5, 5.41) is 9.19. The van der Waals surface area contributed by atoms with Gasteiger partial charge in [0.15, 0.2) is 0 Å². The van der Waals surface area contributed by atoms with Crippen LogP contribution in [0.5, 0.6) is 0 Å². The number of carboxylic acid groups (broad SMARTS) is 1. The van der Waals surface area contributed by atoms with Crippen molar-refractivity contribution < 1.29 is 9.90 Å². The predicted molar refractivity (Wildman–Crippen MR) is 49.1 cm³/mol. The second-order valence-electron chi connectivity index (χ2n) is 3.68. The minimum atomic E-state index is -1.00. The lowest BCUT2D eigenvalue weighted by Crippen LogP contribution is -2.44. The zero-order valence-electron chi connectivity index (χ0n) is 7.69. The standard InChI is InChI=1S/C9H12N2O3/c12-7(13)9(3-1-2-4-9)11-6-5-10-8(11)14/h5-6H,1-4H2,(H,10,14)(H,12,13). The van der Waals surface area contributed by atoms with Crippen LogP contribution in [0.15, 0.2) is 17.2 Å². The number of nitrogens with one attached hydrogen (secondary N) is 1. The van der Waals surface area contributed by atoms with Gasteiger partial charge in [-0.15, -0.1) is 0 Å². The van der Waals surface area contributed by atoms with Crippen molar-refractivity contribution >= 4 is 5.97 Å². The molecule has 0 aliphatic heterocycles. The Hall–Kier alpha value is -1.52. The number of H-pyrrole nitrogens is 1. The number of rotatable bonds is 2. The highest BCUT2D eigenvalue weighted by molar-refractivity contribution is 5.77. The Kier molecular flexibility index (Phi) is 1.94. The van der Waals surface area contributed by atoms with Crippen molar-refractivity contribution in [3.05, 3.63) is 22.9 Å². The maximum atomic E-state index is 11.4. The fourth-order valence-corrected chi connectivity index (χ4v) is 2.18. The molecule has 2 rings (SSSR count). The smallest absolute Gasteiger partial charge is 0.330 e. The van der Waals surface area contributed by atoms with Crippen molar-refractivity contribution in [2.75, 3.05) is 0 Å². The number of carbonyl (C=O) groups is 1. The molecule has 1 aromatic rings. The highest BCUT2D eigenvalue weighted by Gasteiger charge is 2.43. The van der Waals surface area contributed by atoms with Gasteiger partial charge >= 0.3 is 11.7 Å². The number of nitrogens with zero attached hydrogens (tertiary/aromatic N) is 1. The average molecular weight is 196 g/mol. The Labute approximate surface area is 80.4 Å². The van der Waals surface area contributed by atoms with Gasteiger partial charge in [0, 0.05) is 12.4 Å². The van der Waals surface area contributed by atoms with E-state index in [-0.39, 0.29) is 5.69 Å². The summed E-state index contributed by atoms with van der Waals surface area (Å²) in [6.45, 7) is 0. The summed E-state index contributed by atoms with van der Waals surface area (Å²) in [5.41, 5.74) is -1.34. The predicted octanol–water partition coefficient (Wildman–Crippen LogP) is 0.530. The van der Waals surface area contributed by atoms with Crippen LogP contribution in [0.4, 0.5) is 0 Å². The highest BCUT2D eigenvalue weighted by Crippen LogP contribution is 2.35. The summed E-state index contributed by atoms with van der Waals surface area (Å²) >= 11 is 0. The molecule has 0 saturated heterocycles. The van der Waals surface area contributed by atoms with Crippen molar-refractivity contribution in [2.24, 2.45) is 0 Å². The number of aromatic nitrogens is 2. The van der Waals surface area contributed by atoms with Crippen LogP contribution in [0, 0.1) is 0 Å². The number of aliphatic carboxylic acids is 1. The van der Waals surface area contributed by atoms with Gasteiger partial charge in [0.2, 0.25) is 0 Å². The van der Waals surface area contributed by atoms with E-state index in [9.17, 15) is 14.7 Å².